The number of para-hydroxylation sites is 1. The first kappa shape index (κ1) is 13.6. The van der Waals surface area contributed by atoms with Crippen LogP contribution in [0.4, 0.5) is 10.1 Å². The summed E-state index contributed by atoms with van der Waals surface area (Å²) < 4.78 is 36.9. The maximum absolute atomic E-state index is 13.6. The Balaban J connectivity index is 2.24. The summed E-state index contributed by atoms with van der Waals surface area (Å²) in [5.74, 6) is -0.457. The zero-order valence-corrected chi connectivity index (χ0v) is 11.6. The molecule has 0 amide bonds. The Morgan fingerprint density at radius 3 is 2.72 bits per heavy atom. The molecule has 1 aromatic carbocycles. The molecule has 1 fully saturated rings. The molecule has 6 heteroatoms. The van der Waals surface area contributed by atoms with Crippen LogP contribution in [0.25, 0.3) is 0 Å². The molecule has 0 aromatic heterocycles. The maximum atomic E-state index is 13.6. The van der Waals surface area contributed by atoms with Crippen molar-refractivity contribution in [3.05, 3.63) is 29.0 Å². The second-order valence-electron chi connectivity index (χ2n) is 4.65. The van der Waals surface area contributed by atoms with Crippen LogP contribution in [0, 0.1) is 5.82 Å². The van der Waals surface area contributed by atoms with Gasteiger partial charge in [0.2, 0.25) is 0 Å². The Morgan fingerprint density at radius 2 is 2.11 bits per heavy atom. The van der Waals surface area contributed by atoms with Gasteiger partial charge in [-0.2, -0.15) is 0 Å². The van der Waals surface area contributed by atoms with Crippen molar-refractivity contribution in [1.29, 1.82) is 0 Å². The van der Waals surface area contributed by atoms with Crippen LogP contribution in [-0.2, 0) is 9.84 Å². The molecule has 2 rings (SSSR count). The molecule has 0 spiro atoms. The van der Waals surface area contributed by atoms with E-state index < -0.39 is 20.9 Å². The SMILES string of the molecule is CS(=O)(=O)C1CCCC1Nc1c(F)cccc1Cl. The number of halogens is 2. The summed E-state index contributed by atoms with van der Waals surface area (Å²) in [5.41, 5.74) is 0.194. The van der Waals surface area contributed by atoms with Gasteiger partial charge in [0.05, 0.1) is 16.0 Å². The van der Waals surface area contributed by atoms with Crippen LogP contribution in [0.3, 0.4) is 0 Å². The van der Waals surface area contributed by atoms with Gasteiger partial charge in [-0.25, -0.2) is 12.8 Å². The molecule has 1 aromatic rings. The second kappa shape index (κ2) is 5.05. The first-order chi connectivity index (χ1) is 8.39. The molecule has 0 saturated heterocycles. The van der Waals surface area contributed by atoms with Crippen LogP contribution in [0.5, 0.6) is 0 Å². The van der Waals surface area contributed by atoms with Crippen molar-refractivity contribution in [3.63, 3.8) is 0 Å². The molecule has 0 heterocycles. The van der Waals surface area contributed by atoms with Crippen LogP contribution < -0.4 is 5.32 Å². The third-order valence-corrected chi connectivity index (χ3v) is 5.27. The van der Waals surface area contributed by atoms with E-state index in [1.807, 2.05) is 0 Å². The molecule has 0 bridgehead atoms. The number of nitrogens with one attached hydrogen (secondary N) is 1. The van der Waals surface area contributed by atoms with E-state index in [9.17, 15) is 12.8 Å². The van der Waals surface area contributed by atoms with E-state index in [0.29, 0.717) is 12.8 Å². The van der Waals surface area contributed by atoms with Crippen molar-refractivity contribution in [2.24, 2.45) is 0 Å². The van der Waals surface area contributed by atoms with Gasteiger partial charge in [0.25, 0.3) is 0 Å². The number of benzene rings is 1. The highest BCUT2D eigenvalue weighted by molar-refractivity contribution is 7.91. The summed E-state index contributed by atoms with van der Waals surface area (Å²) in [6, 6.07) is 4.14. The van der Waals surface area contributed by atoms with E-state index in [0.717, 1.165) is 6.42 Å². The van der Waals surface area contributed by atoms with Crippen molar-refractivity contribution in [3.8, 4) is 0 Å². The maximum Gasteiger partial charge on any atom is 0.152 e. The Kier molecular flexibility index (Phi) is 3.82. The van der Waals surface area contributed by atoms with Crippen LogP contribution in [0.2, 0.25) is 5.02 Å². The predicted molar refractivity (Wildman–Crippen MR) is 71.3 cm³/mol. The Hall–Kier alpha value is -0.810. The fourth-order valence-electron chi connectivity index (χ4n) is 2.42. The normalized spacial score (nSPS) is 24.2. The lowest BCUT2D eigenvalue weighted by Gasteiger charge is -2.21. The van der Waals surface area contributed by atoms with Crippen LogP contribution in [0.1, 0.15) is 19.3 Å². The van der Waals surface area contributed by atoms with Gasteiger partial charge in [0.1, 0.15) is 5.82 Å². The summed E-state index contributed by atoms with van der Waals surface area (Å²) in [7, 11) is -3.13. The Morgan fingerprint density at radius 1 is 1.39 bits per heavy atom. The molecule has 2 atom stereocenters. The molecule has 18 heavy (non-hydrogen) atoms. The molecule has 1 saturated carbocycles. The molecule has 3 nitrogen and oxygen atoms in total. The lowest BCUT2D eigenvalue weighted by Crippen LogP contribution is -2.34. The largest absolute Gasteiger partial charge is 0.377 e. The van der Waals surface area contributed by atoms with E-state index >= 15 is 0 Å². The van der Waals surface area contributed by atoms with E-state index in [1.165, 1.54) is 18.4 Å². The zero-order chi connectivity index (χ0) is 13.3. The van der Waals surface area contributed by atoms with Crippen molar-refractivity contribution >= 4 is 27.1 Å². The molecular weight excluding hydrogens is 277 g/mol. The average Bonchev–Trinajstić information content (AvgIpc) is 2.71. The van der Waals surface area contributed by atoms with Crippen molar-refractivity contribution in [2.45, 2.75) is 30.6 Å². The van der Waals surface area contributed by atoms with E-state index in [2.05, 4.69) is 5.32 Å². The predicted octanol–water partition coefficient (Wildman–Crippen LogP) is 2.86. The van der Waals surface area contributed by atoms with E-state index in [-0.39, 0.29) is 16.8 Å². The van der Waals surface area contributed by atoms with Crippen LogP contribution in [-0.4, -0.2) is 26.0 Å². The minimum absolute atomic E-state index is 0.194. The molecule has 100 valence electrons. The van der Waals surface area contributed by atoms with Gasteiger partial charge in [-0.05, 0) is 31.4 Å². The monoisotopic (exact) mass is 291 g/mol. The van der Waals surface area contributed by atoms with Gasteiger partial charge in [-0.15, -0.1) is 0 Å². The van der Waals surface area contributed by atoms with Crippen molar-refractivity contribution in [1.82, 2.24) is 0 Å². The fraction of sp³-hybridized carbons (Fsp3) is 0.500. The molecule has 1 N–H and O–H groups in total. The average molecular weight is 292 g/mol. The lowest BCUT2D eigenvalue weighted by atomic mass is 10.2. The minimum atomic E-state index is -3.13. The first-order valence-corrected chi connectivity index (χ1v) is 8.12. The number of hydrogen-bond donors (Lipinski definition) is 1. The molecule has 0 radical (unpaired) electrons. The number of rotatable bonds is 3. The molecule has 1 aliphatic carbocycles. The molecule has 0 aliphatic heterocycles. The summed E-state index contributed by atoms with van der Waals surface area (Å²) in [4.78, 5) is 0. The van der Waals surface area contributed by atoms with Crippen LogP contribution in [0.15, 0.2) is 18.2 Å². The van der Waals surface area contributed by atoms with Gasteiger partial charge < -0.3 is 5.32 Å². The van der Waals surface area contributed by atoms with Gasteiger partial charge in [0, 0.05) is 12.3 Å². The van der Waals surface area contributed by atoms with Gasteiger partial charge in [-0.3, -0.25) is 0 Å². The highest BCUT2D eigenvalue weighted by Crippen LogP contribution is 2.32. The summed E-state index contributed by atoms with van der Waals surface area (Å²) in [6.45, 7) is 0. The summed E-state index contributed by atoms with van der Waals surface area (Å²) >= 11 is 5.92. The van der Waals surface area contributed by atoms with Gasteiger partial charge >= 0.3 is 0 Å². The fourth-order valence-corrected chi connectivity index (χ4v) is 4.04. The lowest BCUT2D eigenvalue weighted by molar-refractivity contribution is 0.577. The highest BCUT2D eigenvalue weighted by atomic mass is 35.5. The zero-order valence-electron chi connectivity index (χ0n) is 9.99. The van der Waals surface area contributed by atoms with Crippen LogP contribution >= 0.6 is 11.6 Å². The Bertz CT molecular complexity index is 527. The molecule has 2 unspecified atom stereocenters. The number of hydrogen-bond acceptors (Lipinski definition) is 3. The molecule has 1 aliphatic rings. The summed E-state index contributed by atoms with van der Waals surface area (Å²) in [5, 5.41) is 2.76. The van der Waals surface area contributed by atoms with Crippen molar-refractivity contribution < 1.29 is 12.8 Å². The summed E-state index contributed by atoms with van der Waals surface area (Å²) in [6.07, 6.45) is 3.37. The standard InChI is InChI=1S/C12H15ClFNO2S/c1-18(16,17)11-7-3-6-10(11)15-12-8(13)4-2-5-9(12)14/h2,4-5,10-11,15H,3,6-7H2,1H3. The van der Waals surface area contributed by atoms with E-state index in [4.69, 9.17) is 11.6 Å². The third kappa shape index (κ3) is 2.78. The second-order valence-corrected chi connectivity index (χ2v) is 7.32. The quantitative estimate of drug-likeness (QED) is 0.931. The van der Waals surface area contributed by atoms with Gasteiger partial charge in [-0.1, -0.05) is 17.7 Å². The first-order valence-electron chi connectivity index (χ1n) is 5.79. The third-order valence-electron chi connectivity index (χ3n) is 3.29. The number of sulfone groups is 1. The van der Waals surface area contributed by atoms with E-state index in [1.54, 1.807) is 6.07 Å². The van der Waals surface area contributed by atoms with Crippen molar-refractivity contribution in [2.75, 3.05) is 11.6 Å². The van der Waals surface area contributed by atoms with Gasteiger partial charge in [0.15, 0.2) is 9.84 Å². The smallest absolute Gasteiger partial charge is 0.152 e. The highest BCUT2D eigenvalue weighted by Gasteiger charge is 2.35. The topological polar surface area (TPSA) is 46.2 Å². The molecular formula is C12H15ClFNO2S. The Labute approximate surface area is 111 Å². The number of anilines is 1. The minimum Gasteiger partial charge on any atom is -0.377 e.